The van der Waals surface area contributed by atoms with Crippen LogP contribution < -0.4 is 5.32 Å². The first-order valence-electron chi connectivity index (χ1n) is 6.76. The van der Waals surface area contributed by atoms with Gasteiger partial charge in [-0.15, -0.1) is 0 Å². The van der Waals surface area contributed by atoms with Gasteiger partial charge in [0.15, 0.2) is 0 Å². The number of hydrogen-bond donors (Lipinski definition) is 1. The van der Waals surface area contributed by atoms with Crippen LogP contribution in [-0.4, -0.2) is 55.6 Å². The van der Waals surface area contributed by atoms with E-state index >= 15 is 0 Å². The predicted molar refractivity (Wildman–Crippen MR) is 73.3 cm³/mol. The van der Waals surface area contributed by atoms with Crippen molar-refractivity contribution in [3.8, 4) is 0 Å². The Balaban J connectivity index is 4.19. The van der Waals surface area contributed by atoms with Crippen LogP contribution in [0.3, 0.4) is 0 Å². The highest BCUT2D eigenvalue weighted by atomic mass is 16.5. The second-order valence-corrected chi connectivity index (χ2v) is 4.00. The summed E-state index contributed by atoms with van der Waals surface area (Å²) in [5, 5.41) is 2.45. The molecule has 0 spiro atoms. The Morgan fingerprint density at radius 1 is 1.00 bits per heavy atom. The first kappa shape index (κ1) is 18.9. The summed E-state index contributed by atoms with van der Waals surface area (Å²) < 4.78 is 9.14. The summed E-state index contributed by atoms with van der Waals surface area (Å²) >= 11 is 0. The summed E-state index contributed by atoms with van der Waals surface area (Å²) in [5.41, 5.74) is 0. The molecule has 0 fully saturated rings. The Bertz CT molecular complexity index is 383. The fourth-order valence-corrected chi connectivity index (χ4v) is 1.48. The third kappa shape index (κ3) is 7.91. The zero-order valence-corrected chi connectivity index (χ0v) is 12.6. The third-order valence-corrected chi connectivity index (χ3v) is 2.54. The number of carbonyl (C=O) groups is 4. The van der Waals surface area contributed by atoms with E-state index in [9.17, 15) is 19.2 Å². The summed E-state index contributed by atoms with van der Waals surface area (Å²) in [5.74, 6) is -1.41. The minimum atomic E-state index is -0.600. The Labute approximate surface area is 123 Å². The number of nitrogens with zero attached hydrogens (tertiary/aromatic N) is 1. The van der Waals surface area contributed by atoms with Gasteiger partial charge >= 0.3 is 18.0 Å². The normalized spacial score (nSPS) is 9.67. The highest BCUT2D eigenvalue weighted by Crippen LogP contribution is 2.00. The number of amides is 3. The minimum Gasteiger partial charge on any atom is -0.469 e. The maximum absolute atomic E-state index is 11.8. The summed E-state index contributed by atoms with van der Waals surface area (Å²) in [6.07, 6.45) is -0.152. The number of nitrogens with one attached hydrogen (secondary N) is 1. The largest absolute Gasteiger partial charge is 0.469 e. The standard InChI is InChI=1S/C13H22N2O6/c1-4-15(10(16)6-7-11(17)20-3)13(19)14-9-8-12(18)21-5-2/h4-9H2,1-3H3,(H,14,19). The smallest absolute Gasteiger partial charge is 0.324 e. The van der Waals surface area contributed by atoms with E-state index in [0.717, 1.165) is 4.90 Å². The van der Waals surface area contributed by atoms with Crippen LogP contribution in [-0.2, 0) is 23.9 Å². The van der Waals surface area contributed by atoms with Crippen molar-refractivity contribution in [1.82, 2.24) is 10.2 Å². The van der Waals surface area contributed by atoms with Gasteiger partial charge in [-0.1, -0.05) is 0 Å². The van der Waals surface area contributed by atoms with Gasteiger partial charge in [0.05, 0.1) is 26.6 Å². The van der Waals surface area contributed by atoms with E-state index in [1.54, 1.807) is 13.8 Å². The van der Waals surface area contributed by atoms with Gasteiger partial charge in [0.2, 0.25) is 5.91 Å². The number of methoxy groups -OCH3 is 1. The summed E-state index contributed by atoms with van der Waals surface area (Å²) in [6, 6.07) is -0.600. The molecular formula is C13H22N2O6. The van der Waals surface area contributed by atoms with Crippen molar-refractivity contribution >= 4 is 23.9 Å². The first-order chi connectivity index (χ1) is 9.96. The monoisotopic (exact) mass is 302 g/mol. The van der Waals surface area contributed by atoms with E-state index in [0.29, 0.717) is 0 Å². The highest BCUT2D eigenvalue weighted by molar-refractivity contribution is 5.95. The second kappa shape index (κ2) is 10.6. The molecule has 0 heterocycles. The lowest BCUT2D eigenvalue weighted by molar-refractivity contribution is -0.143. The van der Waals surface area contributed by atoms with Crippen molar-refractivity contribution in [2.75, 3.05) is 26.8 Å². The maximum Gasteiger partial charge on any atom is 0.324 e. The van der Waals surface area contributed by atoms with E-state index in [-0.39, 0.29) is 39.0 Å². The average Bonchev–Trinajstić information content (AvgIpc) is 2.45. The molecule has 0 atom stereocenters. The summed E-state index contributed by atoms with van der Waals surface area (Å²) in [7, 11) is 1.23. The van der Waals surface area contributed by atoms with Gasteiger partial charge in [-0.25, -0.2) is 4.79 Å². The molecule has 0 saturated heterocycles. The predicted octanol–water partition coefficient (Wildman–Crippen LogP) is 0.451. The molecule has 21 heavy (non-hydrogen) atoms. The van der Waals surface area contributed by atoms with Crippen LogP contribution in [0.15, 0.2) is 0 Å². The maximum atomic E-state index is 11.8. The number of urea groups is 1. The molecule has 1 N–H and O–H groups in total. The molecule has 8 heteroatoms. The van der Waals surface area contributed by atoms with E-state index in [2.05, 4.69) is 10.1 Å². The Morgan fingerprint density at radius 2 is 1.67 bits per heavy atom. The fraction of sp³-hybridized carbons (Fsp3) is 0.692. The molecular weight excluding hydrogens is 280 g/mol. The number of esters is 2. The van der Waals surface area contributed by atoms with Crippen molar-refractivity contribution in [2.45, 2.75) is 33.1 Å². The van der Waals surface area contributed by atoms with Gasteiger partial charge in [-0.05, 0) is 13.8 Å². The molecule has 0 bridgehead atoms. The lowest BCUT2D eigenvalue weighted by Crippen LogP contribution is -2.44. The molecule has 0 unspecified atom stereocenters. The molecule has 0 radical (unpaired) electrons. The Kier molecular flexibility index (Phi) is 9.57. The fourth-order valence-electron chi connectivity index (χ4n) is 1.48. The van der Waals surface area contributed by atoms with Crippen molar-refractivity contribution < 1.29 is 28.7 Å². The van der Waals surface area contributed by atoms with Crippen molar-refractivity contribution in [3.05, 3.63) is 0 Å². The highest BCUT2D eigenvalue weighted by Gasteiger charge is 2.20. The zero-order valence-electron chi connectivity index (χ0n) is 12.6. The van der Waals surface area contributed by atoms with Crippen LogP contribution in [0.4, 0.5) is 4.79 Å². The van der Waals surface area contributed by atoms with Crippen LogP contribution in [0.25, 0.3) is 0 Å². The molecule has 0 aromatic rings. The quantitative estimate of drug-likeness (QED) is 0.653. The molecule has 120 valence electrons. The topological polar surface area (TPSA) is 102 Å². The van der Waals surface area contributed by atoms with Crippen LogP contribution in [0.5, 0.6) is 0 Å². The van der Waals surface area contributed by atoms with Crippen molar-refractivity contribution in [2.24, 2.45) is 0 Å². The third-order valence-electron chi connectivity index (χ3n) is 2.54. The minimum absolute atomic E-state index is 0.0352. The average molecular weight is 302 g/mol. The van der Waals surface area contributed by atoms with Crippen molar-refractivity contribution in [3.63, 3.8) is 0 Å². The molecule has 0 aliphatic rings. The van der Waals surface area contributed by atoms with Crippen LogP contribution in [0, 0.1) is 0 Å². The Morgan fingerprint density at radius 3 is 2.19 bits per heavy atom. The lowest BCUT2D eigenvalue weighted by Gasteiger charge is -2.19. The molecule has 3 amide bonds. The number of imide groups is 1. The van der Waals surface area contributed by atoms with E-state index < -0.39 is 23.9 Å². The summed E-state index contributed by atoms with van der Waals surface area (Å²) in [4.78, 5) is 46.6. The number of hydrogen-bond acceptors (Lipinski definition) is 6. The van der Waals surface area contributed by atoms with E-state index in [4.69, 9.17) is 4.74 Å². The first-order valence-corrected chi connectivity index (χ1v) is 6.76. The van der Waals surface area contributed by atoms with Crippen LogP contribution >= 0.6 is 0 Å². The second-order valence-electron chi connectivity index (χ2n) is 4.00. The van der Waals surface area contributed by atoms with E-state index in [1.165, 1.54) is 7.11 Å². The van der Waals surface area contributed by atoms with E-state index in [1.807, 2.05) is 0 Å². The van der Waals surface area contributed by atoms with Gasteiger partial charge < -0.3 is 14.8 Å². The number of carbonyl (C=O) groups excluding carboxylic acids is 4. The van der Waals surface area contributed by atoms with Crippen LogP contribution in [0.1, 0.15) is 33.1 Å². The molecule has 0 aromatic carbocycles. The van der Waals surface area contributed by atoms with Gasteiger partial charge in [0, 0.05) is 19.5 Å². The SMILES string of the molecule is CCOC(=O)CCNC(=O)N(CC)C(=O)CCC(=O)OC. The summed E-state index contributed by atoms with van der Waals surface area (Å²) in [6.45, 7) is 3.86. The molecule has 0 saturated carbocycles. The zero-order chi connectivity index (χ0) is 16.3. The lowest BCUT2D eigenvalue weighted by atomic mass is 10.3. The number of ether oxygens (including phenoxy) is 2. The molecule has 0 aliphatic carbocycles. The van der Waals surface area contributed by atoms with Crippen LogP contribution in [0.2, 0.25) is 0 Å². The number of rotatable bonds is 8. The molecule has 0 aliphatic heterocycles. The van der Waals surface area contributed by atoms with Gasteiger partial charge in [-0.3, -0.25) is 19.3 Å². The Hall–Kier alpha value is -2.12. The van der Waals surface area contributed by atoms with Gasteiger partial charge in [-0.2, -0.15) is 0 Å². The molecule has 0 rings (SSSR count). The molecule has 0 aromatic heterocycles. The van der Waals surface area contributed by atoms with Gasteiger partial charge in [0.1, 0.15) is 0 Å². The van der Waals surface area contributed by atoms with Crippen molar-refractivity contribution in [1.29, 1.82) is 0 Å². The van der Waals surface area contributed by atoms with Gasteiger partial charge in [0.25, 0.3) is 0 Å². The molecule has 8 nitrogen and oxygen atoms in total.